The van der Waals surface area contributed by atoms with Crippen molar-refractivity contribution in [3.63, 3.8) is 0 Å². The summed E-state index contributed by atoms with van der Waals surface area (Å²) in [7, 11) is 0. The number of halogens is 3. The fourth-order valence-electron chi connectivity index (χ4n) is 1.35. The first-order chi connectivity index (χ1) is 7.58. The lowest BCUT2D eigenvalue weighted by molar-refractivity contribution is 0.630. The minimum Gasteiger partial charge on any atom is -0.233 e. The molecule has 2 aromatic rings. The predicted molar refractivity (Wildman–Crippen MR) is 64.9 cm³/mol. The van der Waals surface area contributed by atoms with Gasteiger partial charge in [0.05, 0.1) is 10.6 Å². The van der Waals surface area contributed by atoms with E-state index >= 15 is 0 Å². The first-order valence-electron chi connectivity index (χ1n) is 4.53. The molecule has 0 N–H and O–H groups in total. The number of nitrogens with zero attached hydrogens (tertiary/aromatic N) is 2. The van der Waals surface area contributed by atoms with Crippen molar-refractivity contribution in [2.24, 2.45) is 0 Å². The lowest BCUT2D eigenvalue weighted by Gasteiger charge is -2.05. The Morgan fingerprint density at radius 1 is 1.31 bits per heavy atom. The molecule has 0 unspecified atom stereocenters. The molecule has 0 saturated heterocycles. The molecule has 0 aliphatic heterocycles. The van der Waals surface area contributed by atoms with Gasteiger partial charge < -0.3 is 0 Å². The van der Waals surface area contributed by atoms with Crippen LogP contribution < -0.4 is 0 Å². The average Bonchev–Trinajstić information content (AvgIpc) is 2.15. The van der Waals surface area contributed by atoms with Gasteiger partial charge in [0.2, 0.25) is 0 Å². The van der Waals surface area contributed by atoms with E-state index in [1.165, 1.54) is 6.07 Å². The van der Waals surface area contributed by atoms with Crippen LogP contribution in [-0.4, -0.2) is 9.97 Å². The molecule has 2 nitrogen and oxygen atoms in total. The molecule has 0 fully saturated rings. The fraction of sp³-hybridized carbons (Fsp3) is 0.0909. The maximum Gasteiger partial charge on any atom is 0.165 e. The molecule has 0 amide bonds. The van der Waals surface area contributed by atoms with Crippen molar-refractivity contribution in [3.05, 3.63) is 45.4 Å². The Balaban J connectivity index is 2.67. The number of aryl methyl sites for hydroxylation is 1. The Morgan fingerprint density at radius 2 is 2.06 bits per heavy atom. The summed E-state index contributed by atoms with van der Waals surface area (Å²) in [4.78, 5) is 8.27. The Bertz CT molecular complexity index is 505. The smallest absolute Gasteiger partial charge is 0.165 e. The van der Waals surface area contributed by atoms with E-state index in [0.29, 0.717) is 9.63 Å². The zero-order valence-corrected chi connectivity index (χ0v) is 10.7. The van der Waals surface area contributed by atoms with E-state index in [1.54, 1.807) is 18.2 Å². The van der Waals surface area contributed by atoms with Crippen molar-refractivity contribution in [3.8, 4) is 11.4 Å². The largest absolute Gasteiger partial charge is 0.233 e. The second-order valence-electron chi connectivity index (χ2n) is 3.25. The van der Waals surface area contributed by atoms with Gasteiger partial charge in [-0.2, -0.15) is 0 Å². The van der Waals surface area contributed by atoms with Crippen LogP contribution in [0.5, 0.6) is 0 Å². The van der Waals surface area contributed by atoms with E-state index < -0.39 is 5.82 Å². The Hall–Kier alpha value is -1.00. The van der Waals surface area contributed by atoms with Gasteiger partial charge in [-0.25, -0.2) is 14.4 Å². The lowest BCUT2D eigenvalue weighted by atomic mass is 10.2. The highest BCUT2D eigenvalue weighted by molar-refractivity contribution is 9.10. The van der Waals surface area contributed by atoms with Crippen molar-refractivity contribution < 1.29 is 4.39 Å². The van der Waals surface area contributed by atoms with E-state index in [4.69, 9.17) is 11.6 Å². The summed E-state index contributed by atoms with van der Waals surface area (Å²) in [6, 6.07) is 6.24. The van der Waals surface area contributed by atoms with Crippen LogP contribution in [0.15, 0.2) is 28.9 Å². The normalized spacial score (nSPS) is 10.5. The third-order valence-electron chi connectivity index (χ3n) is 2.01. The summed E-state index contributed by atoms with van der Waals surface area (Å²) >= 11 is 9.18. The van der Waals surface area contributed by atoms with E-state index in [2.05, 4.69) is 25.9 Å². The summed E-state index contributed by atoms with van der Waals surface area (Å²) in [6.45, 7) is 1.81. The van der Waals surface area contributed by atoms with Crippen molar-refractivity contribution in [1.29, 1.82) is 0 Å². The number of aromatic nitrogens is 2. The molecule has 2 rings (SSSR count). The van der Waals surface area contributed by atoms with Crippen LogP contribution in [0.25, 0.3) is 11.4 Å². The Labute approximate surface area is 106 Å². The molecule has 0 spiro atoms. The molecule has 1 aromatic heterocycles. The van der Waals surface area contributed by atoms with Gasteiger partial charge in [-0.3, -0.25) is 0 Å². The van der Waals surface area contributed by atoms with Gasteiger partial charge in [0.15, 0.2) is 5.82 Å². The molecule has 0 saturated carbocycles. The predicted octanol–water partition coefficient (Wildman–Crippen LogP) is 4.01. The third-order valence-corrected chi connectivity index (χ3v) is 2.73. The van der Waals surface area contributed by atoms with Crippen LogP contribution in [0.3, 0.4) is 0 Å². The zero-order chi connectivity index (χ0) is 11.7. The van der Waals surface area contributed by atoms with E-state index in [1.807, 2.05) is 6.92 Å². The number of hydrogen-bond donors (Lipinski definition) is 0. The molecular formula is C11H7BrClFN2. The highest BCUT2D eigenvalue weighted by Crippen LogP contribution is 2.28. The molecule has 0 radical (unpaired) electrons. The van der Waals surface area contributed by atoms with Crippen LogP contribution in [0, 0.1) is 12.7 Å². The van der Waals surface area contributed by atoms with E-state index in [9.17, 15) is 4.39 Å². The molecule has 1 aromatic carbocycles. The average molecular weight is 302 g/mol. The van der Waals surface area contributed by atoms with Crippen LogP contribution >= 0.6 is 27.5 Å². The Morgan fingerprint density at radius 3 is 2.69 bits per heavy atom. The fourth-order valence-corrected chi connectivity index (χ4v) is 2.10. The molecule has 0 aliphatic carbocycles. The maximum atomic E-state index is 13.6. The highest BCUT2D eigenvalue weighted by atomic mass is 79.9. The minimum absolute atomic E-state index is 0.230. The topological polar surface area (TPSA) is 25.8 Å². The SMILES string of the molecule is Cc1cc(Br)nc(-c2c(F)cccc2Cl)n1. The molecular weight excluding hydrogens is 294 g/mol. The molecule has 16 heavy (non-hydrogen) atoms. The van der Waals surface area contributed by atoms with Crippen molar-refractivity contribution in [2.75, 3.05) is 0 Å². The summed E-state index contributed by atoms with van der Waals surface area (Å²) in [5, 5.41) is 0.303. The van der Waals surface area contributed by atoms with Gasteiger partial charge in [-0.05, 0) is 41.1 Å². The van der Waals surface area contributed by atoms with Crippen LogP contribution in [-0.2, 0) is 0 Å². The van der Waals surface area contributed by atoms with Crippen LogP contribution in [0.1, 0.15) is 5.69 Å². The van der Waals surface area contributed by atoms with E-state index in [0.717, 1.165) is 5.69 Å². The first-order valence-corrected chi connectivity index (χ1v) is 5.70. The minimum atomic E-state index is -0.426. The standard InChI is InChI=1S/C11H7BrClFN2/c1-6-5-9(12)16-11(15-6)10-7(13)3-2-4-8(10)14/h2-5H,1H3. The van der Waals surface area contributed by atoms with Gasteiger partial charge in [-0.15, -0.1) is 0 Å². The molecule has 1 heterocycles. The van der Waals surface area contributed by atoms with Gasteiger partial charge in [-0.1, -0.05) is 17.7 Å². The van der Waals surface area contributed by atoms with E-state index in [-0.39, 0.29) is 11.4 Å². The summed E-state index contributed by atoms with van der Waals surface area (Å²) in [5.41, 5.74) is 0.977. The van der Waals surface area contributed by atoms with Crippen LogP contribution in [0.4, 0.5) is 4.39 Å². The lowest BCUT2D eigenvalue weighted by Crippen LogP contribution is -1.95. The monoisotopic (exact) mass is 300 g/mol. The van der Waals surface area contributed by atoms with Crippen LogP contribution in [0.2, 0.25) is 5.02 Å². The van der Waals surface area contributed by atoms with Gasteiger partial charge in [0.1, 0.15) is 10.4 Å². The number of benzene rings is 1. The second-order valence-corrected chi connectivity index (χ2v) is 4.47. The summed E-state index contributed by atoms with van der Waals surface area (Å²) in [6.07, 6.45) is 0. The molecule has 0 atom stereocenters. The van der Waals surface area contributed by atoms with Crippen molar-refractivity contribution >= 4 is 27.5 Å². The third kappa shape index (κ3) is 2.23. The molecule has 0 aliphatic rings. The van der Waals surface area contributed by atoms with Gasteiger partial charge in [0, 0.05) is 5.69 Å². The Kier molecular flexibility index (Phi) is 3.21. The summed E-state index contributed by atoms with van der Waals surface area (Å²) < 4.78 is 14.2. The zero-order valence-electron chi connectivity index (χ0n) is 8.34. The maximum absolute atomic E-state index is 13.6. The molecule has 5 heteroatoms. The quantitative estimate of drug-likeness (QED) is 0.744. The second kappa shape index (κ2) is 4.47. The molecule has 82 valence electrons. The molecule has 0 bridgehead atoms. The first kappa shape index (κ1) is 11.5. The highest BCUT2D eigenvalue weighted by Gasteiger charge is 2.13. The number of rotatable bonds is 1. The van der Waals surface area contributed by atoms with Gasteiger partial charge >= 0.3 is 0 Å². The van der Waals surface area contributed by atoms with Crippen molar-refractivity contribution in [2.45, 2.75) is 6.92 Å². The number of hydrogen-bond acceptors (Lipinski definition) is 2. The summed E-state index contributed by atoms with van der Waals surface area (Å²) in [5.74, 6) is -0.139. The van der Waals surface area contributed by atoms with Gasteiger partial charge in [0.25, 0.3) is 0 Å². The van der Waals surface area contributed by atoms with Crippen molar-refractivity contribution in [1.82, 2.24) is 9.97 Å².